The summed E-state index contributed by atoms with van der Waals surface area (Å²) in [5.74, 6) is 0.418. The highest BCUT2D eigenvalue weighted by atomic mass is 16.5. The van der Waals surface area contributed by atoms with E-state index in [9.17, 15) is 20.1 Å². The number of aliphatic hydroxyl groups is 3. The van der Waals surface area contributed by atoms with Gasteiger partial charge in [-0.15, -0.1) is 0 Å². The second kappa shape index (κ2) is 7.49. The van der Waals surface area contributed by atoms with E-state index in [1.165, 1.54) is 0 Å². The van der Waals surface area contributed by atoms with Crippen LogP contribution in [0.2, 0.25) is 0 Å². The van der Waals surface area contributed by atoms with Crippen molar-refractivity contribution >= 4 is 22.6 Å². The van der Waals surface area contributed by atoms with Gasteiger partial charge in [-0.3, -0.25) is 4.79 Å². The number of nitrogens with zero attached hydrogens (tertiary/aromatic N) is 2. The number of hydrogen-bond acceptors (Lipinski definition) is 6. The molecule has 8 nitrogen and oxygen atoms in total. The SMILES string of the molecule is CC[C@H](O)C(CO)OC(CO)n1cc2c3c(nccc31)NC(=O)CC2. The average molecular weight is 349 g/mol. The van der Waals surface area contributed by atoms with Crippen LogP contribution in [0.3, 0.4) is 0 Å². The van der Waals surface area contributed by atoms with Crippen LogP contribution in [0.1, 0.15) is 31.6 Å². The number of nitrogens with one attached hydrogen (secondary N) is 1. The van der Waals surface area contributed by atoms with E-state index < -0.39 is 18.4 Å². The van der Waals surface area contributed by atoms with Crippen LogP contribution in [-0.4, -0.2) is 56.2 Å². The molecule has 0 aliphatic carbocycles. The molecule has 136 valence electrons. The summed E-state index contributed by atoms with van der Waals surface area (Å²) in [7, 11) is 0. The van der Waals surface area contributed by atoms with Gasteiger partial charge in [0, 0.05) is 24.2 Å². The average Bonchev–Trinajstić information content (AvgIpc) is 2.91. The maximum Gasteiger partial charge on any atom is 0.225 e. The van der Waals surface area contributed by atoms with Crippen LogP contribution >= 0.6 is 0 Å². The van der Waals surface area contributed by atoms with Crippen molar-refractivity contribution in [3.05, 3.63) is 24.0 Å². The number of carbonyl (C=O) groups is 1. The van der Waals surface area contributed by atoms with Crippen molar-refractivity contribution in [1.29, 1.82) is 0 Å². The summed E-state index contributed by atoms with van der Waals surface area (Å²) < 4.78 is 7.53. The third-order valence-corrected chi connectivity index (χ3v) is 4.53. The zero-order valence-electron chi connectivity index (χ0n) is 14.1. The molecule has 0 saturated heterocycles. The lowest BCUT2D eigenvalue weighted by molar-refractivity contribution is -0.136. The Morgan fingerprint density at radius 1 is 1.36 bits per heavy atom. The Balaban J connectivity index is 2.00. The summed E-state index contributed by atoms with van der Waals surface area (Å²) in [5.41, 5.74) is 1.71. The first-order valence-corrected chi connectivity index (χ1v) is 8.42. The summed E-state index contributed by atoms with van der Waals surface area (Å²) in [5, 5.41) is 32.9. The van der Waals surface area contributed by atoms with Crippen LogP contribution in [0.4, 0.5) is 5.82 Å². The number of aromatic nitrogens is 2. The highest BCUT2D eigenvalue weighted by Crippen LogP contribution is 2.33. The van der Waals surface area contributed by atoms with E-state index in [1.54, 1.807) is 23.8 Å². The van der Waals surface area contributed by atoms with Crippen LogP contribution < -0.4 is 5.32 Å². The van der Waals surface area contributed by atoms with Gasteiger partial charge in [0.05, 0.1) is 24.8 Å². The molecule has 0 radical (unpaired) electrons. The van der Waals surface area contributed by atoms with Crippen LogP contribution in [-0.2, 0) is 16.0 Å². The fraction of sp³-hybridized carbons (Fsp3) is 0.529. The minimum Gasteiger partial charge on any atom is -0.394 e. The molecular formula is C17H23N3O5. The second-order valence-corrected chi connectivity index (χ2v) is 6.13. The predicted molar refractivity (Wildman–Crippen MR) is 91.1 cm³/mol. The number of hydrogen-bond donors (Lipinski definition) is 4. The maximum absolute atomic E-state index is 11.8. The van der Waals surface area contributed by atoms with Crippen molar-refractivity contribution in [1.82, 2.24) is 9.55 Å². The first-order chi connectivity index (χ1) is 12.1. The van der Waals surface area contributed by atoms with Crippen LogP contribution in [0.15, 0.2) is 18.5 Å². The zero-order chi connectivity index (χ0) is 18.0. The number of amides is 1. The minimum absolute atomic E-state index is 0.0795. The molecule has 0 saturated carbocycles. The lowest BCUT2D eigenvalue weighted by Crippen LogP contribution is -2.35. The van der Waals surface area contributed by atoms with Crippen molar-refractivity contribution in [3.8, 4) is 0 Å². The molecule has 3 rings (SSSR count). The van der Waals surface area contributed by atoms with Gasteiger partial charge in [-0.1, -0.05) is 6.92 Å². The summed E-state index contributed by atoms with van der Waals surface area (Å²) in [4.78, 5) is 16.0. The van der Waals surface area contributed by atoms with E-state index in [1.807, 2.05) is 6.20 Å². The first kappa shape index (κ1) is 17.8. The van der Waals surface area contributed by atoms with Gasteiger partial charge in [0.15, 0.2) is 6.23 Å². The number of anilines is 1. The monoisotopic (exact) mass is 349 g/mol. The van der Waals surface area contributed by atoms with Gasteiger partial charge in [0.1, 0.15) is 11.9 Å². The summed E-state index contributed by atoms with van der Waals surface area (Å²) in [6, 6.07) is 1.79. The lowest BCUT2D eigenvalue weighted by Gasteiger charge is -2.27. The normalized spacial score (nSPS) is 17.8. The standard InChI is InChI=1S/C17H23N3O5/c1-2-12(23)13(8-21)25-15(9-22)20-7-10-3-4-14(24)19-17-16(10)11(20)5-6-18-17/h5-7,12-13,15,21-23H,2-4,8-9H2,1H3,(H,18,19,24)/t12-,13?,15?/m0/s1. The van der Waals surface area contributed by atoms with Crippen molar-refractivity contribution < 1.29 is 24.9 Å². The molecule has 2 aromatic rings. The third kappa shape index (κ3) is 3.38. The maximum atomic E-state index is 11.8. The highest BCUT2D eigenvalue weighted by Gasteiger charge is 2.26. The molecule has 1 aliphatic rings. The molecule has 2 unspecified atom stereocenters. The molecule has 3 atom stereocenters. The number of ether oxygens (including phenoxy) is 1. The lowest BCUT2D eigenvalue weighted by atomic mass is 10.1. The number of pyridine rings is 1. The molecule has 0 aromatic carbocycles. The van der Waals surface area contributed by atoms with Gasteiger partial charge < -0.3 is 29.9 Å². The molecule has 1 aliphatic heterocycles. The van der Waals surface area contributed by atoms with Crippen molar-refractivity contribution in [2.24, 2.45) is 0 Å². The second-order valence-electron chi connectivity index (χ2n) is 6.13. The molecule has 1 amide bonds. The Morgan fingerprint density at radius 3 is 2.84 bits per heavy atom. The number of rotatable bonds is 7. The van der Waals surface area contributed by atoms with Gasteiger partial charge in [0.25, 0.3) is 0 Å². The van der Waals surface area contributed by atoms with E-state index in [4.69, 9.17) is 4.74 Å². The molecular weight excluding hydrogens is 326 g/mol. The Labute approximate surface area is 145 Å². The topological polar surface area (TPSA) is 117 Å². The Hall–Kier alpha value is -2.00. The molecule has 2 aromatic heterocycles. The quantitative estimate of drug-likeness (QED) is 0.580. The summed E-state index contributed by atoms with van der Waals surface area (Å²) in [6.45, 7) is 1.13. The van der Waals surface area contributed by atoms with Crippen molar-refractivity contribution in [2.45, 2.75) is 44.6 Å². The fourth-order valence-electron chi connectivity index (χ4n) is 3.17. The zero-order valence-corrected chi connectivity index (χ0v) is 14.1. The summed E-state index contributed by atoms with van der Waals surface area (Å²) >= 11 is 0. The first-order valence-electron chi connectivity index (χ1n) is 8.42. The Kier molecular flexibility index (Phi) is 5.33. The van der Waals surface area contributed by atoms with E-state index in [0.717, 1.165) is 16.5 Å². The summed E-state index contributed by atoms with van der Waals surface area (Å²) in [6.07, 6.45) is 2.39. The Bertz CT molecular complexity index is 760. The molecule has 8 heteroatoms. The number of aliphatic hydroxyl groups excluding tert-OH is 3. The molecule has 3 heterocycles. The minimum atomic E-state index is -0.823. The van der Waals surface area contributed by atoms with E-state index in [2.05, 4.69) is 10.3 Å². The highest BCUT2D eigenvalue weighted by molar-refractivity contribution is 6.03. The van der Waals surface area contributed by atoms with Crippen molar-refractivity contribution in [2.75, 3.05) is 18.5 Å². The van der Waals surface area contributed by atoms with Gasteiger partial charge >= 0.3 is 0 Å². The van der Waals surface area contributed by atoms with E-state index in [-0.39, 0.29) is 19.1 Å². The molecule has 4 N–H and O–H groups in total. The fourth-order valence-corrected chi connectivity index (χ4v) is 3.17. The molecule has 0 spiro atoms. The number of aryl methyl sites for hydroxylation is 1. The van der Waals surface area contributed by atoms with Crippen LogP contribution in [0, 0.1) is 0 Å². The smallest absolute Gasteiger partial charge is 0.225 e. The molecule has 25 heavy (non-hydrogen) atoms. The van der Waals surface area contributed by atoms with Crippen molar-refractivity contribution in [3.63, 3.8) is 0 Å². The Morgan fingerprint density at radius 2 is 2.16 bits per heavy atom. The number of carbonyl (C=O) groups excluding carboxylic acids is 1. The van der Waals surface area contributed by atoms with Gasteiger partial charge in [-0.05, 0) is 24.5 Å². The third-order valence-electron chi connectivity index (χ3n) is 4.53. The largest absolute Gasteiger partial charge is 0.394 e. The van der Waals surface area contributed by atoms with Gasteiger partial charge in [0.2, 0.25) is 5.91 Å². The molecule has 0 fully saturated rings. The predicted octanol–water partition coefficient (Wildman–Crippen LogP) is 0.560. The van der Waals surface area contributed by atoms with Crippen LogP contribution in [0.25, 0.3) is 10.9 Å². The van der Waals surface area contributed by atoms with Gasteiger partial charge in [-0.25, -0.2) is 4.98 Å². The van der Waals surface area contributed by atoms with Gasteiger partial charge in [-0.2, -0.15) is 0 Å². The molecule has 0 bridgehead atoms. The van der Waals surface area contributed by atoms with Crippen LogP contribution in [0.5, 0.6) is 0 Å². The van der Waals surface area contributed by atoms with E-state index in [0.29, 0.717) is 25.1 Å². The van der Waals surface area contributed by atoms with E-state index >= 15 is 0 Å².